The first-order valence-electron chi connectivity index (χ1n) is 7.45. The normalized spacial score (nSPS) is 20.7. The molecule has 1 aromatic carbocycles. The van der Waals surface area contributed by atoms with Crippen molar-refractivity contribution in [1.29, 1.82) is 0 Å². The zero-order chi connectivity index (χ0) is 16.5. The topological polar surface area (TPSA) is 93.1 Å². The van der Waals surface area contributed by atoms with Gasteiger partial charge in [0.1, 0.15) is 4.75 Å². The summed E-state index contributed by atoms with van der Waals surface area (Å²) in [5, 5.41) is 9.96. The van der Waals surface area contributed by atoms with Crippen LogP contribution in [0, 0.1) is 5.92 Å². The highest BCUT2D eigenvalue weighted by Crippen LogP contribution is 2.45. The summed E-state index contributed by atoms with van der Waals surface area (Å²) in [6, 6.07) is 9.45. The van der Waals surface area contributed by atoms with Gasteiger partial charge in [-0.2, -0.15) is 13.5 Å². The Bertz CT molecular complexity index is 664. The quantitative estimate of drug-likeness (QED) is 0.737. The molecule has 1 heterocycles. The molecule has 1 aliphatic carbocycles. The fourth-order valence-corrected chi connectivity index (χ4v) is 3.76. The molecule has 8 heteroatoms. The number of hydrogen-bond acceptors (Lipinski definition) is 7. The maximum absolute atomic E-state index is 12.3. The molecule has 1 saturated carbocycles. The molecule has 1 saturated heterocycles. The Morgan fingerprint density at radius 2 is 1.91 bits per heavy atom. The minimum absolute atomic E-state index is 0.00823. The van der Waals surface area contributed by atoms with Gasteiger partial charge < -0.3 is 14.1 Å². The van der Waals surface area contributed by atoms with Crippen molar-refractivity contribution in [2.45, 2.75) is 24.2 Å². The van der Waals surface area contributed by atoms with Crippen molar-refractivity contribution in [3.63, 3.8) is 0 Å². The van der Waals surface area contributed by atoms with Crippen molar-refractivity contribution in [1.82, 2.24) is 5.06 Å². The summed E-state index contributed by atoms with van der Waals surface area (Å²) in [7, 11) is -4.02. The van der Waals surface area contributed by atoms with E-state index in [1.165, 1.54) is 0 Å². The van der Waals surface area contributed by atoms with Crippen LogP contribution in [0.2, 0.25) is 0 Å². The molecular weight excluding hydrogens is 322 g/mol. The number of rotatable bonds is 7. The summed E-state index contributed by atoms with van der Waals surface area (Å²) in [6.45, 7) is 0.528. The van der Waals surface area contributed by atoms with E-state index < -0.39 is 26.8 Å². The highest BCUT2D eigenvalue weighted by Gasteiger charge is 2.58. The molecule has 3 rings (SSSR count). The predicted octanol–water partition coefficient (Wildman–Crippen LogP) is 0.930. The maximum Gasteiger partial charge on any atom is 0.327 e. The molecule has 126 valence electrons. The summed E-state index contributed by atoms with van der Waals surface area (Å²) in [4.78, 5) is 11.8. The summed E-state index contributed by atoms with van der Waals surface area (Å²) in [5.74, 6) is -1.39. The number of benzene rings is 1. The smallest absolute Gasteiger partial charge is 0.327 e. The highest BCUT2D eigenvalue weighted by atomic mass is 32.2. The van der Waals surface area contributed by atoms with Crippen molar-refractivity contribution in [3.05, 3.63) is 35.9 Å². The van der Waals surface area contributed by atoms with E-state index in [4.69, 9.17) is 14.1 Å². The van der Waals surface area contributed by atoms with E-state index in [0.717, 1.165) is 10.6 Å². The molecule has 1 N–H and O–H groups in total. The lowest BCUT2D eigenvalue weighted by atomic mass is 10.0. The SMILES string of the molecule is O=C(OS(=O)(=O)C1(COCc2ccccc2)CC1)C1CN(O)C1. The molecule has 0 radical (unpaired) electrons. The number of nitrogens with zero attached hydrogens (tertiary/aromatic N) is 1. The van der Waals surface area contributed by atoms with Crippen LogP contribution in [0.5, 0.6) is 0 Å². The Hall–Kier alpha value is -1.48. The molecule has 2 fully saturated rings. The fourth-order valence-electron chi connectivity index (χ4n) is 2.40. The lowest BCUT2D eigenvalue weighted by molar-refractivity contribution is -0.185. The molecule has 1 aliphatic heterocycles. The first kappa shape index (κ1) is 16.4. The van der Waals surface area contributed by atoms with E-state index in [0.29, 0.717) is 19.4 Å². The highest BCUT2D eigenvalue weighted by molar-refractivity contribution is 7.88. The molecule has 0 unspecified atom stereocenters. The number of hydrogen-bond donors (Lipinski definition) is 1. The monoisotopic (exact) mass is 341 g/mol. The van der Waals surface area contributed by atoms with Crippen molar-refractivity contribution in [3.8, 4) is 0 Å². The van der Waals surface area contributed by atoms with Crippen LogP contribution in [0.15, 0.2) is 30.3 Å². The fraction of sp³-hybridized carbons (Fsp3) is 0.533. The Kier molecular flexibility index (Phi) is 4.41. The number of carbonyl (C=O) groups is 1. The molecule has 0 amide bonds. The van der Waals surface area contributed by atoms with E-state index >= 15 is 0 Å². The first-order valence-corrected chi connectivity index (χ1v) is 8.86. The molecule has 0 aromatic heterocycles. The maximum atomic E-state index is 12.3. The van der Waals surface area contributed by atoms with Gasteiger partial charge in [0.15, 0.2) is 0 Å². The summed E-state index contributed by atoms with van der Waals surface area (Å²) in [6.07, 6.45) is 0.850. The summed E-state index contributed by atoms with van der Waals surface area (Å²) < 4.78 is 33.7. The van der Waals surface area contributed by atoms with Gasteiger partial charge in [0.05, 0.1) is 19.1 Å². The first-order chi connectivity index (χ1) is 10.9. The summed E-state index contributed by atoms with van der Waals surface area (Å²) in [5.41, 5.74) is 0.954. The van der Waals surface area contributed by atoms with Gasteiger partial charge in [-0.1, -0.05) is 30.3 Å². The van der Waals surface area contributed by atoms with Gasteiger partial charge in [0, 0.05) is 13.1 Å². The lowest BCUT2D eigenvalue weighted by Gasteiger charge is -2.32. The number of ether oxygens (including phenoxy) is 1. The third-order valence-electron chi connectivity index (χ3n) is 4.20. The molecule has 23 heavy (non-hydrogen) atoms. The lowest BCUT2D eigenvalue weighted by Crippen LogP contribution is -2.49. The van der Waals surface area contributed by atoms with Gasteiger partial charge in [-0.15, -0.1) is 0 Å². The van der Waals surface area contributed by atoms with Crippen LogP contribution in [0.3, 0.4) is 0 Å². The van der Waals surface area contributed by atoms with Crippen LogP contribution < -0.4 is 0 Å². The molecule has 0 bridgehead atoms. The van der Waals surface area contributed by atoms with Crippen LogP contribution in [0.4, 0.5) is 0 Å². The zero-order valence-electron chi connectivity index (χ0n) is 12.6. The second-order valence-corrected chi connectivity index (χ2v) is 8.03. The second kappa shape index (κ2) is 6.20. The number of carbonyl (C=O) groups excluding carboxylic acids is 1. The van der Waals surface area contributed by atoms with Crippen LogP contribution >= 0.6 is 0 Å². The van der Waals surface area contributed by atoms with Gasteiger partial charge >= 0.3 is 16.1 Å². The minimum atomic E-state index is -4.02. The van der Waals surface area contributed by atoms with Gasteiger partial charge in [-0.25, -0.2) is 0 Å². The Labute approximate surface area is 134 Å². The second-order valence-electron chi connectivity index (χ2n) is 6.09. The Balaban J connectivity index is 1.53. The zero-order valence-corrected chi connectivity index (χ0v) is 13.4. The van der Waals surface area contributed by atoms with Crippen molar-refractivity contribution in [2.24, 2.45) is 5.92 Å². The molecule has 7 nitrogen and oxygen atoms in total. The standard InChI is InChI=1S/C15H19NO6S/c17-14(13-8-16(18)9-13)22-23(19,20)15(6-7-15)11-21-10-12-4-2-1-3-5-12/h1-5,13,18H,6-11H2. The van der Waals surface area contributed by atoms with Gasteiger partial charge in [0.2, 0.25) is 0 Å². The van der Waals surface area contributed by atoms with Crippen LogP contribution in [0.1, 0.15) is 18.4 Å². The number of hydroxylamine groups is 2. The van der Waals surface area contributed by atoms with Gasteiger partial charge in [-0.3, -0.25) is 4.79 Å². The Morgan fingerprint density at radius 3 is 2.48 bits per heavy atom. The van der Waals surface area contributed by atoms with Gasteiger partial charge in [0.25, 0.3) is 0 Å². The predicted molar refractivity (Wildman–Crippen MR) is 79.9 cm³/mol. The van der Waals surface area contributed by atoms with Crippen LogP contribution in [-0.4, -0.2) is 49.1 Å². The van der Waals surface area contributed by atoms with Crippen LogP contribution in [-0.2, 0) is 30.4 Å². The van der Waals surface area contributed by atoms with Crippen molar-refractivity contribution in [2.75, 3.05) is 19.7 Å². The molecule has 0 atom stereocenters. The Morgan fingerprint density at radius 1 is 1.26 bits per heavy atom. The summed E-state index contributed by atoms with van der Waals surface area (Å²) >= 11 is 0. The van der Waals surface area contributed by atoms with E-state index in [2.05, 4.69) is 0 Å². The van der Waals surface area contributed by atoms with Gasteiger partial charge in [-0.05, 0) is 18.4 Å². The minimum Gasteiger partial charge on any atom is -0.375 e. The van der Waals surface area contributed by atoms with Crippen LogP contribution in [0.25, 0.3) is 0 Å². The molecular formula is C15H19NO6S. The average molecular weight is 341 g/mol. The third kappa shape index (κ3) is 3.55. The van der Waals surface area contributed by atoms with E-state index in [1.54, 1.807) is 0 Å². The molecule has 0 spiro atoms. The van der Waals surface area contributed by atoms with Crippen molar-refractivity contribution >= 4 is 16.1 Å². The van der Waals surface area contributed by atoms with Crippen molar-refractivity contribution < 1.29 is 27.3 Å². The molecule has 1 aromatic rings. The van der Waals surface area contributed by atoms with E-state index in [-0.39, 0.29) is 19.7 Å². The van der Waals surface area contributed by atoms with E-state index in [1.807, 2.05) is 30.3 Å². The third-order valence-corrected chi connectivity index (χ3v) is 6.17. The van der Waals surface area contributed by atoms with E-state index in [9.17, 15) is 13.2 Å². The average Bonchev–Trinajstić information content (AvgIpc) is 3.26. The largest absolute Gasteiger partial charge is 0.375 e. The molecule has 2 aliphatic rings.